The minimum Gasteiger partial charge on any atom is -0.496 e. The lowest BCUT2D eigenvalue weighted by Crippen LogP contribution is -2.12. The normalized spacial score (nSPS) is 12.3. The number of hydrogen-bond acceptors (Lipinski definition) is 2. The van der Waals surface area contributed by atoms with E-state index in [0.717, 1.165) is 27.6 Å². The van der Waals surface area contributed by atoms with Crippen LogP contribution in [0.3, 0.4) is 0 Å². The number of benzene rings is 3. The van der Waals surface area contributed by atoms with E-state index >= 15 is 0 Å². The summed E-state index contributed by atoms with van der Waals surface area (Å²) < 4.78 is 18.4. The molecule has 3 heteroatoms. The van der Waals surface area contributed by atoms with Gasteiger partial charge in [0.15, 0.2) is 0 Å². The minimum absolute atomic E-state index is 0.259. The molecule has 3 aromatic rings. The van der Waals surface area contributed by atoms with Crippen molar-refractivity contribution in [2.75, 3.05) is 7.11 Å². The van der Waals surface area contributed by atoms with E-state index < -0.39 is 0 Å². The number of fused-ring (bicyclic) bond motifs is 1. The van der Waals surface area contributed by atoms with Crippen LogP contribution in [0.1, 0.15) is 17.2 Å². The smallest absolute Gasteiger partial charge is 0.126 e. The van der Waals surface area contributed by atoms with Crippen LogP contribution in [0.4, 0.5) is 4.39 Å². The molecule has 0 bridgehead atoms. The summed E-state index contributed by atoms with van der Waals surface area (Å²) in [4.78, 5) is 0. The average Bonchev–Trinajstić information content (AvgIpc) is 2.54. The molecule has 1 atom stereocenters. The van der Waals surface area contributed by atoms with Crippen LogP contribution in [-0.2, 0) is 0 Å². The van der Waals surface area contributed by atoms with Gasteiger partial charge in [0.1, 0.15) is 11.6 Å². The number of halogens is 1. The SMILES string of the molecule is COc1ccc(C(N)c2ccc(F)cc2)c2ccccc12. The molecule has 3 rings (SSSR count). The molecule has 106 valence electrons. The Balaban J connectivity index is 2.14. The highest BCUT2D eigenvalue weighted by atomic mass is 19.1. The van der Waals surface area contributed by atoms with Crippen molar-refractivity contribution >= 4 is 10.8 Å². The van der Waals surface area contributed by atoms with Gasteiger partial charge < -0.3 is 10.5 Å². The molecule has 2 nitrogen and oxygen atoms in total. The summed E-state index contributed by atoms with van der Waals surface area (Å²) in [6, 6.07) is 17.9. The van der Waals surface area contributed by atoms with Crippen molar-refractivity contribution < 1.29 is 9.13 Å². The van der Waals surface area contributed by atoms with Crippen LogP contribution in [0.25, 0.3) is 10.8 Å². The molecule has 0 radical (unpaired) electrons. The molecule has 0 spiro atoms. The maximum atomic E-state index is 13.0. The maximum absolute atomic E-state index is 13.0. The first kappa shape index (κ1) is 13.6. The van der Waals surface area contributed by atoms with E-state index in [1.165, 1.54) is 12.1 Å². The number of nitrogens with two attached hydrogens (primary N) is 1. The van der Waals surface area contributed by atoms with Crippen molar-refractivity contribution in [1.29, 1.82) is 0 Å². The summed E-state index contributed by atoms with van der Waals surface area (Å²) in [6.45, 7) is 0. The van der Waals surface area contributed by atoms with Crippen LogP contribution >= 0.6 is 0 Å². The Kier molecular flexibility index (Phi) is 3.59. The van der Waals surface area contributed by atoms with E-state index in [1.54, 1.807) is 19.2 Å². The second kappa shape index (κ2) is 5.54. The zero-order valence-electron chi connectivity index (χ0n) is 11.7. The molecule has 0 fully saturated rings. The summed E-state index contributed by atoms with van der Waals surface area (Å²) in [7, 11) is 1.65. The Morgan fingerprint density at radius 2 is 1.57 bits per heavy atom. The van der Waals surface area contributed by atoms with Crippen molar-refractivity contribution in [3.63, 3.8) is 0 Å². The fourth-order valence-electron chi connectivity index (χ4n) is 2.59. The van der Waals surface area contributed by atoms with Crippen molar-refractivity contribution in [2.45, 2.75) is 6.04 Å². The fraction of sp³-hybridized carbons (Fsp3) is 0.111. The largest absolute Gasteiger partial charge is 0.496 e. The maximum Gasteiger partial charge on any atom is 0.126 e. The molecule has 2 N–H and O–H groups in total. The Bertz CT molecular complexity index is 768. The van der Waals surface area contributed by atoms with E-state index in [-0.39, 0.29) is 11.9 Å². The van der Waals surface area contributed by atoms with Crippen molar-refractivity contribution in [3.05, 3.63) is 77.6 Å². The van der Waals surface area contributed by atoms with Crippen molar-refractivity contribution in [1.82, 2.24) is 0 Å². The number of methoxy groups -OCH3 is 1. The van der Waals surface area contributed by atoms with Crippen molar-refractivity contribution in [2.24, 2.45) is 5.73 Å². The molecule has 0 aliphatic rings. The predicted octanol–water partition coefficient (Wildman–Crippen LogP) is 4.04. The van der Waals surface area contributed by atoms with Gasteiger partial charge >= 0.3 is 0 Å². The lowest BCUT2D eigenvalue weighted by atomic mass is 9.94. The molecule has 0 saturated heterocycles. The third kappa shape index (κ3) is 2.48. The highest BCUT2D eigenvalue weighted by Gasteiger charge is 2.14. The molecule has 3 aromatic carbocycles. The van der Waals surface area contributed by atoms with Crippen LogP contribution in [0.2, 0.25) is 0 Å². The summed E-state index contributed by atoms with van der Waals surface area (Å²) in [5.41, 5.74) is 8.24. The minimum atomic E-state index is -0.304. The van der Waals surface area contributed by atoms with Gasteiger partial charge in [-0.25, -0.2) is 4.39 Å². The zero-order chi connectivity index (χ0) is 14.8. The van der Waals surface area contributed by atoms with Gasteiger partial charge in [-0.2, -0.15) is 0 Å². The standard InChI is InChI=1S/C18H16FNO/c1-21-17-11-10-16(14-4-2-3-5-15(14)17)18(20)12-6-8-13(19)9-7-12/h2-11,18H,20H2,1H3. The van der Waals surface area contributed by atoms with Crippen LogP contribution < -0.4 is 10.5 Å². The van der Waals surface area contributed by atoms with Gasteiger partial charge in [0.05, 0.1) is 13.2 Å². The summed E-state index contributed by atoms with van der Waals surface area (Å²) in [6.07, 6.45) is 0. The molecule has 0 aromatic heterocycles. The van der Waals surface area contributed by atoms with Crippen LogP contribution in [0.5, 0.6) is 5.75 Å². The second-order valence-corrected chi connectivity index (χ2v) is 4.93. The molecule has 21 heavy (non-hydrogen) atoms. The molecular weight excluding hydrogens is 265 g/mol. The third-order valence-electron chi connectivity index (χ3n) is 3.70. The fourth-order valence-corrected chi connectivity index (χ4v) is 2.59. The number of rotatable bonds is 3. The van der Waals surface area contributed by atoms with E-state index in [1.807, 2.05) is 36.4 Å². The first-order valence-corrected chi connectivity index (χ1v) is 6.77. The van der Waals surface area contributed by atoms with Gasteiger partial charge in [-0.1, -0.05) is 42.5 Å². The van der Waals surface area contributed by atoms with E-state index in [0.29, 0.717) is 0 Å². The Morgan fingerprint density at radius 1 is 0.905 bits per heavy atom. The first-order chi connectivity index (χ1) is 10.2. The second-order valence-electron chi connectivity index (χ2n) is 4.93. The Hall–Kier alpha value is -2.39. The van der Waals surface area contributed by atoms with Crippen LogP contribution in [-0.4, -0.2) is 7.11 Å². The topological polar surface area (TPSA) is 35.2 Å². The lowest BCUT2D eigenvalue weighted by molar-refractivity contribution is 0.419. The molecule has 1 unspecified atom stereocenters. The number of hydrogen-bond donors (Lipinski definition) is 1. The summed E-state index contributed by atoms with van der Waals surface area (Å²) in [5, 5.41) is 2.07. The van der Waals surface area contributed by atoms with Gasteiger partial charge in [-0.05, 0) is 34.7 Å². The Morgan fingerprint density at radius 3 is 2.24 bits per heavy atom. The quantitative estimate of drug-likeness (QED) is 0.786. The van der Waals surface area contributed by atoms with Gasteiger partial charge in [0, 0.05) is 5.39 Å². The van der Waals surface area contributed by atoms with Crippen LogP contribution in [0.15, 0.2) is 60.7 Å². The van der Waals surface area contributed by atoms with E-state index in [9.17, 15) is 4.39 Å². The lowest BCUT2D eigenvalue weighted by Gasteiger charge is -2.17. The highest BCUT2D eigenvalue weighted by Crippen LogP contribution is 2.33. The zero-order valence-corrected chi connectivity index (χ0v) is 11.7. The van der Waals surface area contributed by atoms with Gasteiger partial charge in [0.25, 0.3) is 0 Å². The van der Waals surface area contributed by atoms with E-state index in [4.69, 9.17) is 10.5 Å². The molecular formula is C18H16FNO. The summed E-state index contributed by atoms with van der Waals surface area (Å²) >= 11 is 0. The first-order valence-electron chi connectivity index (χ1n) is 6.77. The van der Waals surface area contributed by atoms with E-state index in [2.05, 4.69) is 0 Å². The molecule has 0 amide bonds. The molecule has 0 aliphatic heterocycles. The molecule has 0 saturated carbocycles. The van der Waals surface area contributed by atoms with Gasteiger partial charge in [-0.15, -0.1) is 0 Å². The van der Waals surface area contributed by atoms with Crippen molar-refractivity contribution in [3.8, 4) is 5.75 Å². The molecule has 0 heterocycles. The molecule has 0 aliphatic carbocycles. The highest BCUT2D eigenvalue weighted by molar-refractivity contribution is 5.91. The van der Waals surface area contributed by atoms with Crippen LogP contribution in [0, 0.1) is 5.82 Å². The Labute approximate surface area is 123 Å². The van der Waals surface area contributed by atoms with Gasteiger partial charge in [0.2, 0.25) is 0 Å². The predicted molar refractivity (Wildman–Crippen MR) is 82.9 cm³/mol. The third-order valence-corrected chi connectivity index (χ3v) is 3.70. The average molecular weight is 281 g/mol. The number of ether oxygens (including phenoxy) is 1. The van der Waals surface area contributed by atoms with Gasteiger partial charge in [-0.3, -0.25) is 0 Å². The summed E-state index contributed by atoms with van der Waals surface area (Å²) in [5.74, 6) is 0.561. The monoisotopic (exact) mass is 281 g/mol.